The Bertz CT molecular complexity index is 1290. The maximum absolute atomic E-state index is 10.6. The minimum atomic E-state index is 0.145. The Labute approximate surface area is 181 Å². The van der Waals surface area contributed by atoms with Crippen LogP contribution in [-0.4, -0.2) is 54.6 Å². The molecule has 0 aromatic heterocycles. The number of phenolic OH excluding ortho intramolecular Hbond substituents is 2. The SMILES string of the molecule is CN1CCN(c2ccc3c(C=Nc4ccc5ccccc5c4O)c(O)ccc3c2)CC1. The fraction of sp³-hybridized carbons (Fsp3) is 0.192. The molecule has 0 amide bonds. The number of rotatable bonds is 3. The van der Waals surface area contributed by atoms with E-state index in [2.05, 4.69) is 34.0 Å². The molecule has 4 aromatic rings. The normalized spacial score (nSPS) is 15.3. The maximum atomic E-state index is 10.6. The second kappa shape index (κ2) is 7.93. The zero-order valence-electron chi connectivity index (χ0n) is 17.5. The number of hydrogen-bond donors (Lipinski definition) is 2. The van der Waals surface area contributed by atoms with Crippen LogP contribution in [0.25, 0.3) is 21.5 Å². The number of anilines is 1. The average molecular weight is 412 g/mol. The lowest BCUT2D eigenvalue weighted by molar-refractivity contribution is 0.313. The number of aliphatic imine (C=N–C) groups is 1. The molecule has 1 aliphatic rings. The van der Waals surface area contributed by atoms with Crippen LogP contribution in [0.5, 0.6) is 11.5 Å². The largest absolute Gasteiger partial charge is 0.507 e. The molecule has 0 spiro atoms. The molecule has 5 nitrogen and oxygen atoms in total. The molecule has 1 saturated heterocycles. The van der Waals surface area contributed by atoms with Gasteiger partial charge in [-0.3, -0.25) is 4.99 Å². The summed E-state index contributed by atoms with van der Waals surface area (Å²) in [5.74, 6) is 0.315. The predicted molar refractivity (Wildman–Crippen MR) is 128 cm³/mol. The third-order valence-electron chi connectivity index (χ3n) is 6.10. The Balaban J connectivity index is 1.51. The number of fused-ring (bicyclic) bond motifs is 2. The second-order valence-electron chi connectivity index (χ2n) is 8.11. The number of phenols is 2. The fourth-order valence-corrected chi connectivity index (χ4v) is 4.21. The van der Waals surface area contributed by atoms with E-state index in [0.717, 1.165) is 47.7 Å². The summed E-state index contributed by atoms with van der Waals surface area (Å²) in [6.45, 7) is 4.13. The molecule has 0 unspecified atom stereocenters. The highest BCUT2D eigenvalue weighted by atomic mass is 16.3. The van der Waals surface area contributed by atoms with E-state index in [4.69, 9.17) is 0 Å². The number of benzene rings is 4. The summed E-state index contributed by atoms with van der Waals surface area (Å²) in [4.78, 5) is 9.24. The number of piperazine rings is 1. The van der Waals surface area contributed by atoms with Gasteiger partial charge in [0.2, 0.25) is 0 Å². The monoisotopic (exact) mass is 411 g/mol. The van der Waals surface area contributed by atoms with Gasteiger partial charge in [-0.25, -0.2) is 0 Å². The van der Waals surface area contributed by atoms with Gasteiger partial charge < -0.3 is 20.0 Å². The van der Waals surface area contributed by atoms with Crippen molar-refractivity contribution < 1.29 is 10.2 Å². The van der Waals surface area contributed by atoms with Crippen molar-refractivity contribution in [3.63, 3.8) is 0 Å². The minimum absolute atomic E-state index is 0.145. The van der Waals surface area contributed by atoms with E-state index in [1.165, 1.54) is 5.69 Å². The lowest BCUT2D eigenvalue weighted by Gasteiger charge is -2.34. The topological polar surface area (TPSA) is 59.3 Å². The first kappa shape index (κ1) is 19.4. The van der Waals surface area contributed by atoms with E-state index in [1.54, 1.807) is 18.3 Å². The predicted octanol–water partition coefficient (Wildman–Crippen LogP) is 4.91. The summed E-state index contributed by atoms with van der Waals surface area (Å²) >= 11 is 0. The molecule has 4 aromatic carbocycles. The number of nitrogens with zero attached hydrogens (tertiary/aromatic N) is 3. The molecule has 31 heavy (non-hydrogen) atoms. The first-order valence-corrected chi connectivity index (χ1v) is 10.5. The van der Waals surface area contributed by atoms with Crippen LogP contribution in [0, 0.1) is 0 Å². The lowest BCUT2D eigenvalue weighted by Crippen LogP contribution is -2.44. The van der Waals surface area contributed by atoms with Gasteiger partial charge in [-0.15, -0.1) is 0 Å². The summed E-state index contributed by atoms with van der Waals surface area (Å²) in [7, 11) is 2.15. The van der Waals surface area contributed by atoms with Crippen LogP contribution in [0.2, 0.25) is 0 Å². The zero-order chi connectivity index (χ0) is 21.4. The summed E-state index contributed by atoms with van der Waals surface area (Å²) in [5, 5.41) is 24.8. The Morgan fingerprint density at radius 2 is 1.58 bits per heavy atom. The molecular weight excluding hydrogens is 386 g/mol. The van der Waals surface area contributed by atoms with Crippen molar-refractivity contribution in [1.29, 1.82) is 0 Å². The van der Waals surface area contributed by atoms with Crippen LogP contribution in [0.15, 0.2) is 71.7 Å². The fourth-order valence-electron chi connectivity index (χ4n) is 4.21. The van der Waals surface area contributed by atoms with Crippen molar-refractivity contribution in [2.24, 2.45) is 4.99 Å². The molecular formula is C26H25N3O2. The number of hydrogen-bond acceptors (Lipinski definition) is 5. The second-order valence-corrected chi connectivity index (χ2v) is 8.11. The van der Waals surface area contributed by atoms with Crippen LogP contribution >= 0.6 is 0 Å². The molecule has 1 heterocycles. The maximum Gasteiger partial charge on any atom is 0.148 e. The highest BCUT2D eigenvalue weighted by Crippen LogP contribution is 2.35. The highest BCUT2D eigenvalue weighted by molar-refractivity contribution is 6.04. The van der Waals surface area contributed by atoms with E-state index in [0.29, 0.717) is 11.3 Å². The van der Waals surface area contributed by atoms with Gasteiger partial charge in [-0.1, -0.05) is 42.5 Å². The highest BCUT2D eigenvalue weighted by Gasteiger charge is 2.15. The van der Waals surface area contributed by atoms with Crippen LogP contribution in [0.3, 0.4) is 0 Å². The van der Waals surface area contributed by atoms with Gasteiger partial charge in [0.1, 0.15) is 17.2 Å². The Morgan fingerprint density at radius 1 is 0.806 bits per heavy atom. The van der Waals surface area contributed by atoms with E-state index >= 15 is 0 Å². The van der Waals surface area contributed by atoms with Crippen molar-refractivity contribution in [2.75, 3.05) is 38.1 Å². The van der Waals surface area contributed by atoms with Gasteiger partial charge in [0, 0.05) is 49.0 Å². The van der Waals surface area contributed by atoms with E-state index < -0.39 is 0 Å². The molecule has 0 radical (unpaired) electrons. The number of aromatic hydroxyl groups is 2. The van der Waals surface area contributed by atoms with Crippen molar-refractivity contribution in [3.05, 3.63) is 72.3 Å². The summed E-state index contributed by atoms with van der Waals surface area (Å²) in [6.07, 6.45) is 1.64. The van der Waals surface area contributed by atoms with Gasteiger partial charge in [-0.2, -0.15) is 0 Å². The number of likely N-dealkylation sites (N-methyl/N-ethyl adjacent to an activating group) is 1. The molecule has 0 atom stereocenters. The van der Waals surface area contributed by atoms with E-state index in [1.807, 2.05) is 42.5 Å². The van der Waals surface area contributed by atoms with Crippen LogP contribution in [-0.2, 0) is 0 Å². The van der Waals surface area contributed by atoms with Crippen LogP contribution in [0.4, 0.5) is 11.4 Å². The standard InChI is InChI=1S/C26H25N3O2/c1-28-12-14-29(15-13-28)20-8-9-21-19(16-20)7-11-25(30)23(21)17-27-24-10-6-18-4-2-3-5-22(18)26(24)31/h2-11,16-17,30-31H,12-15H2,1H3. The van der Waals surface area contributed by atoms with Crippen molar-refractivity contribution >= 4 is 39.1 Å². The van der Waals surface area contributed by atoms with Crippen molar-refractivity contribution in [3.8, 4) is 11.5 Å². The van der Waals surface area contributed by atoms with Crippen LogP contribution < -0.4 is 4.90 Å². The van der Waals surface area contributed by atoms with E-state index in [9.17, 15) is 10.2 Å². The first-order valence-electron chi connectivity index (χ1n) is 10.5. The van der Waals surface area contributed by atoms with Gasteiger partial charge in [0.05, 0.1) is 0 Å². The average Bonchev–Trinajstić information content (AvgIpc) is 2.80. The van der Waals surface area contributed by atoms with Gasteiger partial charge in [0.25, 0.3) is 0 Å². The lowest BCUT2D eigenvalue weighted by atomic mass is 10.0. The Hall–Kier alpha value is -3.57. The van der Waals surface area contributed by atoms with Crippen LogP contribution in [0.1, 0.15) is 5.56 Å². The third kappa shape index (κ3) is 3.68. The smallest absolute Gasteiger partial charge is 0.148 e. The molecule has 5 heteroatoms. The molecule has 1 aliphatic heterocycles. The Morgan fingerprint density at radius 3 is 2.42 bits per heavy atom. The molecule has 0 saturated carbocycles. The molecule has 0 aliphatic carbocycles. The van der Waals surface area contributed by atoms with Gasteiger partial charge in [-0.05, 0) is 47.5 Å². The quantitative estimate of drug-likeness (QED) is 0.471. The molecule has 0 bridgehead atoms. The third-order valence-corrected chi connectivity index (χ3v) is 6.10. The summed E-state index contributed by atoms with van der Waals surface area (Å²) in [6, 6.07) is 21.4. The molecule has 156 valence electrons. The first-order chi connectivity index (χ1) is 15.1. The minimum Gasteiger partial charge on any atom is -0.507 e. The van der Waals surface area contributed by atoms with Gasteiger partial charge in [0.15, 0.2) is 0 Å². The van der Waals surface area contributed by atoms with Crippen molar-refractivity contribution in [2.45, 2.75) is 0 Å². The molecule has 5 rings (SSSR count). The Kier molecular flexibility index (Phi) is 4.96. The molecule has 1 fully saturated rings. The zero-order valence-corrected chi connectivity index (χ0v) is 17.5. The van der Waals surface area contributed by atoms with Crippen molar-refractivity contribution in [1.82, 2.24) is 4.90 Å². The summed E-state index contributed by atoms with van der Waals surface area (Å²) in [5.41, 5.74) is 2.32. The summed E-state index contributed by atoms with van der Waals surface area (Å²) < 4.78 is 0. The van der Waals surface area contributed by atoms with Gasteiger partial charge >= 0.3 is 0 Å². The van der Waals surface area contributed by atoms with E-state index in [-0.39, 0.29) is 11.5 Å². The molecule has 2 N–H and O–H groups in total.